The number of aromatic nitrogens is 3. The summed E-state index contributed by atoms with van der Waals surface area (Å²) >= 11 is 0. The highest BCUT2D eigenvalue weighted by Gasteiger charge is 2.21. The van der Waals surface area contributed by atoms with Gasteiger partial charge in [-0.15, -0.1) is 12.4 Å². The maximum Gasteiger partial charge on any atom is 0.263 e. The van der Waals surface area contributed by atoms with Crippen LogP contribution >= 0.6 is 12.4 Å². The number of pyridine rings is 1. The minimum absolute atomic E-state index is 0. The van der Waals surface area contributed by atoms with Gasteiger partial charge in [-0.25, -0.2) is 36.5 Å². The molecule has 0 bridgehead atoms. The fourth-order valence-electron chi connectivity index (χ4n) is 5.37. The lowest BCUT2D eigenvalue weighted by molar-refractivity contribution is 0.151. The van der Waals surface area contributed by atoms with E-state index in [9.17, 15) is 17.2 Å². The molecular weight excluding hydrogens is 653 g/mol. The van der Waals surface area contributed by atoms with Crippen LogP contribution in [0.25, 0.3) is 22.0 Å². The van der Waals surface area contributed by atoms with Gasteiger partial charge in [-0.05, 0) is 67.8 Å². The second-order valence-corrected chi connectivity index (χ2v) is 12.8. The maximum absolute atomic E-state index is 15.2. The van der Waals surface area contributed by atoms with Crippen molar-refractivity contribution in [3.63, 3.8) is 0 Å². The van der Waals surface area contributed by atoms with Gasteiger partial charge in [-0.3, -0.25) is 4.72 Å². The Morgan fingerprint density at radius 1 is 1.00 bits per heavy atom. The lowest BCUT2D eigenvalue weighted by Gasteiger charge is -2.23. The van der Waals surface area contributed by atoms with E-state index in [1.165, 1.54) is 30.3 Å². The topological polar surface area (TPSA) is 118 Å². The number of aryl methyl sites for hydroxylation is 1. The molecule has 3 heterocycles. The third-order valence-corrected chi connectivity index (χ3v) is 8.90. The quantitative estimate of drug-likeness (QED) is 0.139. The fourth-order valence-corrected chi connectivity index (χ4v) is 6.59. The van der Waals surface area contributed by atoms with Crippen LogP contribution in [0.1, 0.15) is 36.0 Å². The molecule has 1 saturated heterocycles. The van der Waals surface area contributed by atoms with Gasteiger partial charge >= 0.3 is 0 Å². The van der Waals surface area contributed by atoms with Crippen LogP contribution in [-0.4, -0.2) is 42.5 Å². The number of nitrogens with zero attached hydrogens (tertiary/aromatic N) is 3. The van der Waals surface area contributed by atoms with Crippen molar-refractivity contribution in [2.75, 3.05) is 23.1 Å². The summed E-state index contributed by atoms with van der Waals surface area (Å²) in [6, 6.07) is 16.5. The van der Waals surface area contributed by atoms with E-state index in [2.05, 4.69) is 25.3 Å². The molecule has 1 aliphatic rings. The van der Waals surface area contributed by atoms with Crippen LogP contribution in [0.5, 0.6) is 11.6 Å². The lowest BCUT2D eigenvalue weighted by Crippen LogP contribution is -2.38. The predicted octanol–water partition coefficient (Wildman–Crippen LogP) is 7.40. The highest BCUT2D eigenvalue weighted by atomic mass is 35.5. The summed E-state index contributed by atoms with van der Waals surface area (Å²) in [6.07, 6.45) is 2.65. The SMILES string of the molecule is Cc1ccc2c(NS(=O)(=O)Cc3ccc(C(F)F)cc3)c(F)ccc2c1Oc1ncccc1-c1ccnc(N[C@H]2CCCNC2)n1.Cl. The summed E-state index contributed by atoms with van der Waals surface area (Å²) in [5, 5.41) is 7.46. The molecule has 0 radical (unpaired) electrons. The smallest absolute Gasteiger partial charge is 0.263 e. The zero-order valence-corrected chi connectivity index (χ0v) is 26.8. The van der Waals surface area contributed by atoms with Crippen LogP contribution < -0.4 is 20.1 Å². The van der Waals surface area contributed by atoms with Crippen molar-refractivity contribution >= 4 is 44.8 Å². The maximum atomic E-state index is 15.2. The van der Waals surface area contributed by atoms with Crippen molar-refractivity contribution in [1.82, 2.24) is 20.3 Å². The highest BCUT2D eigenvalue weighted by Crippen LogP contribution is 2.40. The van der Waals surface area contributed by atoms with Gasteiger partial charge in [0.2, 0.25) is 21.9 Å². The second-order valence-electron chi connectivity index (χ2n) is 11.0. The number of ether oxygens (including phenoxy) is 1. The van der Waals surface area contributed by atoms with E-state index in [1.54, 1.807) is 36.7 Å². The number of fused-ring (bicyclic) bond motifs is 1. The Kier molecular flexibility index (Phi) is 10.5. The molecule has 0 aliphatic carbocycles. The Bertz CT molecular complexity index is 1980. The van der Waals surface area contributed by atoms with E-state index in [-0.39, 0.29) is 46.5 Å². The third-order valence-electron chi connectivity index (χ3n) is 7.67. The van der Waals surface area contributed by atoms with E-state index in [1.807, 2.05) is 13.0 Å². The van der Waals surface area contributed by atoms with Crippen LogP contribution in [0.15, 0.2) is 79.1 Å². The zero-order valence-electron chi connectivity index (χ0n) is 25.2. The molecule has 1 atom stereocenters. The van der Waals surface area contributed by atoms with Gasteiger partial charge in [-0.2, -0.15) is 0 Å². The number of anilines is 2. The van der Waals surface area contributed by atoms with Crippen molar-refractivity contribution < 1.29 is 26.3 Å². The van der Waals surface area contributed by atoms with Gasteiger partial charge in [0.15, 0.2) is 0 Å². The van der Waals surface area contributed by atoms with Crippen LogP contribution in [0.3, 0.4) is 0 Å². The summed E-state index contributed by atoms with van der Waals surface area (Å²) in [6.45, 7) is 3.63. The fraction of sp³-hybridized carbons (Fsp3) is 0.242. The number of halogens is 4. The molecule has 1 aliphatic heterocycles. The molecule has 9 nitrogen and oxygen atoms in total. The molecule has 14 heteroatoms. The minimum Gasteiger partial charge on any atom is -0.437 e. The summed E-state index contributed by atoms with van der Waals surface area (Å²) in [7, 11) is -4.13. The molecular formula is C33H32ClF3N6O3S. The van der Waals surface area contributed by atoms with Crippen molar-refractivity contribution in [3.05, 3.63) is 102 Å². The van der Waals surface area contributed by atoms with Crippen molar-refractivity contribution in [2.45, 2.75) is 38.0 Å². The number of rotatable bonds is 10. The summed E-state index contributed by atoms with van der Waals surface area (Å²) in [4.78, 5) is 13.5. The van der Waals surface area contributed by atoms with E-state index < -0.39 is 28.0 Å². The van der Waals surface area contributed by atoms with E-state index in [0.717, 1.165) is 32.0 Å². The Hall–Kier alpha value is -4.46. The first-order valence-corrected chi connectivity index (χ1v) is 16.3. The average molecular weight is 685 g/mol. The van der Waals surface area contributed by atoms with E-state index in [4.69, 9.17) is 9.72 Å². The first kappa shape index (κ1) is 33.9. The first-order chi connectivity index (χ1) is 22.2. The Morgan fingerprint density at radius 3 is 2.53 bits per heavy atom. The molecule has 0 amide bonds. The van der Waals surface area contributed by atoms with E-state index in [0.29, 0.717) is 33.9 Å². The van der Waals surface area contributed by atoms with Crippen LogP contribution in [0, 0.1) is 12.7 Å². The molecule has 6 rings (SSSR count). The number of benzene rings is 3. The highest BCUT2D eigenvalue weighted by molar-refractivity contribution is 7.91. The van der Waals surface area contributed by atoms with Gasteiger partial charge in [0.05, 0.1) is 22.7 Å². The van der Waals surface area contributed by atoms with Crippen molar-refractivity contribution in [1.29, 1.82) is 0 Å². The van der Waals surface area contributed by atoms with Gasteiger partial charge in [-0.1, -0.05) is 36.4 Å². The molecule has 3 N–H and O–H groups in total. The Morgan fingerprint density at radius 2 is 1.79 bits per heavy atom. The first-order valence-electron chi connectivity index (χ1n) is 14.7. The number of nitrogens with one attached hydrogen (secondary N) is 3. The Labute approximate surface area is 276 Å². The molecule has 0 saturated carbocycles. The summed E-state index contributed by atoms with van der Waals surface area (Å²) in [5.41, 5.74) is 1.70. The van der Waals surface area contributed by atoms with Crippen molar-refractivity contribution in [3.8, 4) is 22.9 Å². The average Bonchev–Trinajstić information content (AvgIpc) is 3.04. The van der Waals surface area contributed by atoms with Crippen molar-refractivity contribution in [2.24, 2.45) is 0 Å². The summed E-state index contributed by atoms with van der Waals surface area (Å²) < 4.78 is 76.0. The molecule has 47 heavy (non-hydrogen) atoms. The molecule has 0 unspecified atom stereocenters. The normalized spacial score (nSPS) is 14.9. The number of hydrogen-bond donors (Lipinski definition) is 3. The number of sulfonamides is 1. The Balaban J connectivity index is 0.00000433. The third kappa shape index (κ3) is 7.92. The number of hydrogen-bond acceptors (Lipinski definition) is 8. The number of alkyl halides is 2. The predicted molar refractivity (Wildman–Crippen MR) is 178 cm³/mol. The van der Waals surface area contributed by atoms with Gasteiger partial charge in [0.25, 0.3) is 6.43 Å². The molecule has 246 valence electrons. The van der Waals surface area contributed by atoms with Crippen LogP contribution in [0.4, 0.5) is 24.8 Å². The standard InChI is InChI=1S/C33H31F3N6O3S.ClH/c1-20-6-11-24-25(12-13-27(34)29(24)42-46(43,44)19-21-7-9-22(10-8-21)31(35)36)30(20)45-32-26(5-3-16-38-32)28-14-17-39-33(41-28)40-23-4-2-15-37-18-23;/h3,5-14,16-17,23,31,37,42H,2,4,15,18-19H2,1H3,(H,39,40,41);1H/t23-;/m0./s1. The van der Waals surface area contributed by atoms with Gasteiger partial charge in [0, 0.05) is 41.3 Å². The molecule has 2 aromatic heterocycles. The van der Waals surface area contributed by atoms with E-state index >= 15 is 4.39 Å². The molecule has 3 aromatic carbocycles. The molecule has 0 spiro atoms. The largest absolute Gasteiger partial charge is 0.437 e. The monoisotopic (exact) mass is 684 g/mol. The minimum atomic E-state index is -4.13. The van der Waals surface area contributed by atoms with Crippen LogP contribution in [-0.2, 0) is 15.8 Å². The van der Waals surface area contributed by atoms with Gasteiger partial charge in [0.1, 0.15) is 11.6 Å². The molecule has 5 aromatic rings. The zero-order chi connectivity index (χ0) is 32.3. The molecule has 1 fully saturated rings. The summed E-state index contributed by atoms with van der Waals surface area (Å²) in [5.74, 6) is -0.223. The van der Waals surface area contributed by atoms with Gasteiger partial charge < -0.3 is 15.4 Å². The second kappa shape index (κ2) is 14.5. The van der Waals surface area contributed by atoms with Crippen LogP contribution in [0.2, 0.25) is 0 Å². The number of piperidine rings is 1. The lowest BCUT2D eigenvalue weighted by atomic mass is 10.0.